The van der Waals surface area contributed by atoms with Crippen molar-refractivity contribution in [2.45, 2.75) is 25.6 Å². The summed E-state index contributed by atoms with van der Waals surface area (Å²) >= 11 is 0. The molecule has 2 rings (SSSR count). The summed E-state index contributed by atoms with van der Waals surface area (Å²) in [5, 5.41) is 10.4. The van der Waals surface area contributed by atoms with Crippen molar-refractivity contribution in [3.63, 3.8) is 0 Å². The van der Waals surface area contributed by atoms with Crippen molar-refractivity contribution in [1.82, 2.24) is 5.32 Å². The van der Waals surface area contributed by atoms with Crippen LogP contribution in [0.3, 0.4) is 0 Å². The normalized spacial score (nSPS) is 12.7. The number of carboxylic acid groups (broad SMARTS) is 1. The Balaban J connectivity index is 2.41. The highest BCUT2D eigenvalue weighted by atomic mass is 19.4. The number of halogens is 5. The van der Waals surface area contributed by atoms with E-state index in [0.29, 0.717) is 12.1 Å². The van der Waals surface area contributed by atoms with Gasteiger partial charge in [0.25, 0.3) is 5.91 Å². The summed E-state index contributed by atoms with van der Waals surface area (Å²) in [6.45, 7) is 1.51. The maximum Gasteiger partial charge on any atom is 0.413 e. The molecular weight excluding hydrogens is 365 g/mol. The molecule has 10 heteroatoms. The first-order valence-electron chi connectivity index (χ1n) is 7.23. The van der Waals surface area contributed by atoms with Crippen molar-refractivity contribution in [2.24, 2.45) is 0 Å². The van der Waals surface area contributed by atoms with Crippen LogP contribution < -0.4 is 5.32 Å². The van der Waals surface area contributed by atoms with Crippen LogP contribution in [-0.4, -0.2) is 23.2 Å². The van der Waals surface area contributed by atoms with Crippen LogP contribution in [0.2, 0.25) is 0 Å². The molecule has 2 aromatic rings. The lowest BCUT2D eigenvalue weighted by Crippen LogP contribution is -2.39. The zero-order valence-corrected chi connectivity index (χ0v) is 13.2. The largest absolute Gasteiger partial charge is 0.478 e. The standard InChI is InChI=1S/C16H12F5NO4/c1-2-10-7(15(24)25)6-11(26-10)14(23)22-13(16(19,20)21)12-8(17)4-3-5-9(12)18/h3-6,13H,2H2,1H3,(H,22,23)(H,24,25). The molecule has 0 bridgehead atoms. The Labute approximate surface area is 143 Å². The second kappa shape index (κ2) is 7.14. The number of hydrogen-bond donors (Lipinski definition) is 2. The summed E-state index contributed by atoms with van der Waals surface area (Å²) < 4.78 is 72.1. The molecule has 0 saturated heterocycles. The van der Waals surface area contributed by atoms with Gasteiger partial charge in [-0.3, -0.25) is 4.79 Å². The number of alkyl halides is 3. The van der Waals surface area contributed by atoms with Gasteiger partial charge in [-0.05, 0) is 12.1 Å². The van der Waals surface area contributed by atoms with Crippen molar-refractivity contribution < 1.29 is 41.1 Å². The molecule has 0 aliphatic carbocycles. The van der Waals surface area contributed by atoms with Crippen molar-refractivity contribution >= 4 is 11.9 Å². The van der Waals surface area contributed by atoms with Gasteiger partial charge in [0.1, 0.15) is 23.0 Å². The quantitative estimate of drug-likeness (QED) is 0.776. The van der Waals surface area contributed by atoms with E-state index in [4.69, 9.17) is 9.52 Å². The van der Waals surface area contributed by atoms with Gasteiger partial charge in [0.05, 0.1) is 5.56 Å². The van der Waals surface area contributed by atoms with Crippen LogP contribution in [-0.2, 0) is 6.42 Å². The third-order valence-electron chi connectivity index (χ3n) is 3.48. The molecule has 0 aliphatic rings. The number of nitrogens with one attached hydrogen (secondary N) is 1. The maximum atomic E-state index is 13.7. The van der Waals surface area contributed by atoms with E-state index in [1.54, 1.807) is 0 Å². The third kappa shape index (κ3) is 3.84. The fourth-order valence-electron chi connectivity index (χ4n) is 2.29. The van der Waals surface area contributed by atoms with Gasteiger partial charge in [-0.25, -0.2) is 13.6 Å². The van der Waals surface area contributed by atoms with E-state index < -0.39 is 52.6 Å². The number of carboxylic acids is 1. The molecule has 1 atom stereocenters. The van der Waals surface area contributed by atoms with Crippen molar-refractivity contribution in [3.05, 3.63) is 58.5 Å². The average molecular weight is 377 g/mol. The summed E-state index contributed by atoms with van der Waals surface area (Å²) in [6, 6.07) is -0.119. The van der Waals surface area contributed by atoms with Gasteiger partial charge < -0.3 is 14.8 Å². The number of carbonyl (C=O) groups excluding carboxylic acids is 1. The molecule has 5 nitrogen and oxygen atoms in total. The Hall–Kier alpha value is -2.91. The molecule has 26 heavy (non-hydrogen) atoms. The Kier molecular flexibility index (Phi) is 5.33. The number of rotatable bonds is 5. The lowest BCUT2D eigenvalue weighted by molar-refractivity contribution is -0.156. The number of benzene rings is 1. The minimum absolute atomic E-state index is 0.0690. The summed E-state index contributed by atoms with van der Waals surface area (Å²) in [6.07, 6.45) is -5.14. The van der Waals surface area contributed by atoms with E-state index in [2.05, 4.69) is 0 Å². The van der Waals surface area contributed by atoms with Crippen LogP contribution in [0.1, 0.15) is 45.2 Å². The first-order valence-corrected chi connectivity index (χ1v) is 7.23. The summed E-state index contributed by atoms with van der Waals surface area (Å²) in [5.41, 5.74) is -1.77. The predicted octanol–water partition coefficient (Wildman–Crippen LogP) is 3.85. The van der Waals surface area contributed by atoms with Gasteiger partial charge in [0, 0.05) is 12.5 Å². The van der Waals surface area contributed by atoms with Gasteiger partial charge in [-0.2, -0.15) is 13.2 Å². The van der Waals surface area contributed by atoms with Gasteiger partial charge in [-0.15, -0.1) is 0 Å². The number of amides is 1. The molecule has 1 aromatic carbocycles. The molecule has 2 N–H and O–H groups in total. The Morgan fingerprint density at radius 3 is 2.23 bits per heavy atom. The second-order valence-electron chi connectivity index (χ2n) is 5.19. The minimum atomic E-state index is -5.21. The summed E-state index contributed by atoms with van der Waals surface area (Å²) in [7, 11) is 0. The molecule has 1 aromatic heterocycles. The second-order valence-corrected chi connectivity index (χ2v) is 5.19. The first-order chi connectivity index (χ1) is 12.1. The molecule has 0 spiro atoms. The number of aryl methyl sites for hydroxylation is 1. The summed E-state index contributed by atoms with van der Waals surface area (Å²) in [5.74, 6) is -6.72. The fraction of sp³-hybridized carbons (Fsp3) is 0.250. The van der Waals surface area contributed by atoms with E-state index in [1.165, 1.54) is 12.2 Å². The minimum Gasteiger partial charge on any atom is -0.478 e. The van der Waals surface area contributed by atoms with Gasteiger partial charge >= 0.3 is 12.1 Å². The van der Waals surface area contributed by atoms with Gasteiger partial charge in [0.15, 0.2) is 11.8 Å². The molecule has 1 heterocycles. The number of furan rings is 1. The van der Waals surface area contributed by atoms with Crippen LogP contribution in [0.25, 0.3) is 0 Å². The van der Waals surface area contributed by atoms with Crippen LogP contribution in [0.15, 0.2) is 28.7 Å². The van der Waals surface area contributed by atoms with E-state index in [0.717, 1.165) is 12.1 Å². The van der Waals surface area contributed by atoms with Gasteiger partial charge in [0.2, 0.25) is 0 Å². The molecule has 0 saturated carbocycles. The predicted molar refractivity (Wildman–Crippen MR) is 77.7 cm³/mol. The number of carbonyl (C=O) groups is 2. The molecule has 1 amide bonds. The van der Waals surface area contributed by atoms with E-state index in [1.807, 2.05) is 0 Å². The molecule has 0 aliphatic heterocycles. The van der Waals surface area contributed by atoms with Gasteiger partial charge in [-0.1, -0.05) is 13.0 Å². The summed E-state index contributed by atoms with van der Waals surface area (Å²) in [4.78, 5) is 23.1. The van der Waals surface area contributed by atoms with Crippen LogP contribution in [0.4, 0.5) is 22.0 Å². The average Bonchev–Trinajstić information content (AvgIpc) is 2.97. The smallest absolute Gasteiger partial charge is 0.413 e. The lowest BCUT2D eigenvalue weighted by Gasteiger charge is -2.22. The zero-order valence-electron chi connectivity index (χ0n) is 13.2. The van der Waals surface area contributed by atoms with E-state index in [9.17, 15) is 31.5 Å². The molecule has 0 radical (unpaired) electrons. The topological polar surface area (TPSA) is 79.5 Å². The highest BCUT2D eigenvalue weighted by Crippen LogP contribution is 2.35. The molecule has 1 unspecified atom stereocenters. The van der Waals surface area contributed by atoms with E-state index >= 15 is 0 Å². The van der Waals surface area contributed by atoms with Crippen LogP contribution in [0.5, 0.6) is 0 Å². The molecule has 0 fully saturated rings. The first kappa shape index (κ1) is 19.4. The van der Waals surface area contributed by atoms with Crippen molar-refractivity contribution in [1.29, 1.82) is 0 Å². The monoisotopic (exact) mass is 377 g/mol. The van der Waals surface area contributed by atoms with Crippen LogP contribution >= 0.6 is 0 Å². The highest BCUT2D eigenvalue weighted by Gasteiger charge is 2.45. The Morgan fingerprint density at radius 1 is 1.23 bits per heavy atom. The zero-order chi connectivity index (χ0) is 19.6. The SMILES string of the molecule is CCc1oc(C(=O)NC(c2c(F)cccc2F)C(F)(F)F)cc1C(=O)O. The highest BCUT2D eigenvalue weighted by molar-refractivity contribution is 5.96. The maximum absolute atomic E-state index is 13.7. The Morgan fingerprint density at radius 2 is 1.81 bits per heavy atom. The lowest BCUT2D eigenvalue weighted by atomic mass is 10.0. The van der Waals surface area contributed by atoms with Crippen molar-refractivity contribution in [2.75, 3.05) is 0 Å². The molecular formula is C16H12F5NO4. The molecule has 140 valence electrons. The third-order valence-corrected chi connectivity index (χ3v) is 3.48. The Bertz CT molecular complexity index is 823. The fourth-order valence-corrected chi connectivity index (χ4v) is 2.29. The van der Waals surface area contributed by atoms with Crippen LogP contribution in [0, 0.1) is 11.6 Å². The van der Waals surface area contributed by atoms with Crippen molar-refractivity contribution in [3.8, 4) is 0 Å². The van der Waals surface area contributed by atoms with E-state index in [-0.39, 0.29) is 12.2 Å². The number of hydrogen-bond acceptors (Lipinski definition) is 3. The number of aromatic carboxylic acids is 1.